The van der Waals surface area contributed by atoms with Gasteiger partial charge in [0.05, 0.1) is 22.8 Å². The molecule has 1 amide bonds. The molecule has 0 spiro atoms. The van der Waals surface area contributed by atoms with Crippen molar-refractivity contribution in [2.75, 3.05) is 13.7 Å². The molecular weight excluding hydrogens is 289 g/mol. The summed E-state index contributed by atoms with van der Waals surface area (Å²) in [5.74, 6) is 0.0317. The van der Waals surface area contributed by atoms with Gasteiger partial charge in [0.2, 0.25) is 0 Å². The first-order valence-electron chi connectivity index (χ1n) is 5.99. The van der Waals surface area contributed by atoms with E-state index < -0.39 is 5.60 Å². The molecule has 6 heteroatoms. The van der Waals surface area contributed by atoms with Crippen molar-refractivity contribution in [3.05, 3.63) is 27.7 Å². The van der Waals surface area contributed by atoms with Crippen molar-refractivity contribution in [1.29, 1.82) is 0 Å². The molecule has 1 aromatic carbocycles. The van der Waals surface area contributed by atoms with Crippen molar-refractivity contribution in [3.63, 3.8) is 0 Å². The van der Waals surface area contributed by atoms with Crippen molar-refractivity contribution in [2.45, 2.75) is 24.9 Å². The highest BCUT2D eigenvalue weighted by Crippen LogP contribution is 2.34. The van der Waals surface area contributed by atoms with E-state index >= 15 is 0 Å². The predicted octanol–water partition coefficient (Wildman–Crippen LogP) is 2.65. The van der Waals surface area contributed by atoms with Crippen LogP contribution in [0.4, 0.5) is 0 Å². The highest BCUT2D eigenvalue weighted by Gasteiger charge is 2.34. The molecule has 0 bridgehead atoms. The molecule has 19 heavy (non-hydrogen) atoms. The zero-order valence-electron chi connectivity index (χ0n) is 10.5. The van der Waals surface area contributed by atoms with E-state index in [1.165, 1.54) is 19.2 Å². The summed E-state index contributed by atoms with van der Waals surface area (Å²) in [5.41, 5.74) is -0.408. The molecule has 0 unspecified atom stereocenters. The van der Waals surface area contributed by atoms with Gasteiger partial charge in [-0.2, -0.15) is 0 Å². The van der Waals surface area contributed by atoms with Crippen molar-refractivity contribution in [3.8, 4) is 5.75 Å². The smallest absolute Gasteiger partial charge is 0.251 e. The Kier molecular flexibility index (Phi) is 4.23. The first-order valence-corrected chi connectivity index (χ1v) is 6.74. The van der Waals surface area contributed by atoms with Crippen LogP contribution in [0, 0.1) is 0 Å². The van der Waals surface area contributed by atoms with E-state index in [1.54, 1.807) is 0 Å². The normalized spacial score (nSPS) is 16.6. The average Bonchev–Trinajstić information content (AvgIpc) is 2.33. The number of amides is 1. The van der Waals surface area contributed by atoms with Gasteiger partial charge >= 0.3 is 0 Å². The van der Waals surface area contributed by atoms with E-state index in [0.29, 0.717) is 11.3 Å². The maximum absolute atomic E-state index is 12.0. The summed E-state index contributed by atoms with van der Waals surface area (Å²) in [7, 11) is 1.46. The lowest BCUT2D eigenvalue weighted by Gasteiger charge is -2.36. The Morgan fingerprint density at radius 3 is 2.42 bits per heavy atom. The number of halogens is 2. The monoisotopic (exact) mass is 303 g/mol. The Bertz CT molecular complexity index is 478. The van der Waals surface area contributed by atoms with E-state index in [2.05, 4.69) is 5.32 Å². The molecule has 1 aromatic rings. The molecule has 0 heterocycles. The highest BCUT2D eigenvalue weighted by molar-refractivity contribution is 6.37. The van der Waals surface area contributed by atoms with Crippen LogP contribution in [-0.2, 0) is 0 Å². The van der Waals surface area contributed by atoms with Gasteiger partial charge in [0.15, 0.2) is 5.75 Å². The molecule has 0 atom stereocenters. The molecule has 1 fully saturated rings. The molecule has 104 valence electrons. The lowest BCUT2D eigenvalue weighted by atomic mass is 9.80. The first kappa shape index (κ1) is 14.4. The lowest BCUT2D eigenvalue weighted by Crippen LogP contribution is -2.47. The number of carbonyl (C=O) groups excluding carboxylic acids is 1. The minimum absolute atomic E-state index is 0.243. The van der Waals surface area contributed by atoms with Crippen LogP contribution in [0.1, 0.15) is 29.6 Å². The molecule has 1 saturated carbocycles. The van der Waals surface area contributed by atoms with Gasteiger partial charge in [0.25, 0.3) is 5.91 Å². The molecule has 2 N–H and O–H groups in total. The van der Waals surface area contributed by atoms with Crippen molar-refractivity contribution < 1.29 is 14.6 Å². The molecular formula is C13H15Cl2NO3. The molecule has 2 rings (SSSR count). The summed E-state index contributed by atoms with van der Waals surface area (Å²) in [6.45, 7) is 0.243. The SMILES string of the molecule is COc1c(Cl)cc(C(=O)NCC2(O)CCC2)cc1Cl. The molecule has 0 aromatic heterocycles. The summed E-state index contributed by atoms with van der Waals surface area (Å²) in [5, 5.41) is 13.2. The van der Waals surface area contributed by atoms with E-state index in [0.717, 1.165) is 19.3 Å². The van der Waals surface area contributed by atoms with Gasteiger partial charge in [-0.3, -0.25) is 4.79 Å². The second-order valence-electron chi connectivity index (χ2n) is 4.73. The highest BCUT2D eigenvalue weighted by atomic mass is 35.5. The minimum Gasteiger partial charge on any atom is -0.494 e. The Balaban J connectivity index is 2.07. The largest absolute Gasteiger partial charge is 0.494 e. The van der Waals surface area contributed by atoms with Crippen LogP contribution in [-0.4, -0.2) is 30.3 Å². The third kappa shape index (κ3) is 3.14. The van der Waals surface area contributed by atoms with Crippen LogP contribution in [0.25, 0.3) is 0 Å². The quantitative estimate of drug-likeness (QED) is 0.899. The standard InChI is InChI=1S/C13H15Cl2NO3/c1-19-11-9(14)5-8(6-10(11)15)12(17)16-7-13(18)3-2-4-13/h5-6,18H,2-4,7H2,1H3,(H,16,17). The summed E-state index contributed by atoms with van der Waals surface area (Å²) in [6, 6.07) is 2.98. The van der Waals surface area contributed by atoms with Gasteiger partial charge < -0.3 is 15.2 Å². The second-order valence-corrected chi connectivity index (χ2v) is 5.55. The average molecular weight is 304 g/mol. The lowest BCUT2D eigenvalue weighted by molar-refractivity contribution is -0.0300. The van der Waals surface area contributed by atoms with Gasteiger partial charge in [-0.1, -0.05) is 23.2 Å². The van der Waals surface area contributed by atoms with Gasteiger partial charge in [-0.05, 0) is 31.4 Å². The predicted molar refractivity (Wildman–Crippen MR) is 74.1 cm³/mol. The van der Waals surface area contributed by atoms with Crippen molar-refractivity contribution in [2.24, 2.45) is 0 Å². The van der Waals surface area contributed by atoms with Gasteiger partial charge in [-0.15, -0.1) is 0 Å². The summed E-state index contributed by atoms with van der Waals surface area (Å²) >= 11 is 11.9. The maximum Gasteiger partial charge on any atom is 0.251 e. The number of nitrogens with one attached hydrogen (secondary N) is 1. The molecule has 4 nitrogen and oxygen atoms in total. The third-order valence-electron chi connectivity index (χ3n) is 3.33. The molecule has 0 radical (unpaired) electrons. The van der Waals surface area contributed by atoms with Gasteiger partial charge in [0, 0.05) is 12.1 Å². The topological polar surface area (TPSA) is 58.6 Å². The van der Waals surface area contributed by atoms with Gasteiger partial charge in [-0.25, -0.2) is 0 Å². The molecule has 0 saturated heterocycles. The Morgan fingerprint density at radius 1 is 1.42 bits per heavy atom. The number of carbonyl (C=O) groups is 1. The Labute approximate surface area is 121 Å². The van der Waals surface area contributed by atoms with E-state index in [1.807, 2.05) is 0 Å². The van der Waals surface area contributed by atoms with Crippen LogP contribution >= 0.6 is 23.2 Å². The first-order chi connectivity index (χ1) is 8.95. The number of hydrogen-bond donors (Lipinski definition) is 2. The Morgan fingerprint density at radius 2 is 2.00 bits per heavy atom. The summed E-state index contributed by atoms with van der Waals surface area (Å²) in [4.78, 5) is 12.0. The second kappa shape index (κ2) is 5.57. The van der Waals surface area contributed by atoms with Crippen LogP contribution in [0.15, 0.2) is 12.1 Å². The maximum atomic E-state index is 12.0. The molecule has 0 aliphatic heterocycles. The molecule has 1 aliphatic rings. The van der Waals surface area contributed by atoms with Crippen molar-refractivity contribution >= 4 is 29.1 Å². The van der Waals surface area contributed by atoms with Crippen LogP contribution in [0.5, 0.6) is 5.75 Å². The fourth-order valence-electron chi connectivity index (χ4n) is 1.99. The minimum atomic E-state index is -0.754. The number of hydrogen-bond acceptors (Lipinski definition) is 3. The Hall–Kier alpha value is -0.970. The molecule has 1 aliphatic carbocycles. The fourth-order valence-corrected chi connectivity index (χ4v) is 2.64. The van der Waals surface area contributed by atoms with E-state index in [-0.39, 0.29) is 22.5 Å². The van der Waals surface area contributed by atoms with Crippen LogP contribution in [0.2, 0.25) is 10.0 Å². The number of rotatable bonds is 4. The van der Waals surface area contributed by atoms with Crippen molar-refractivity contribution in [1.82, 2.24) is 5.32 Å². The zero-order chi connectivity index (χ0) is 14.0. The summed E-state index contributed by atoms with van der Waals surface area (Å²) in [6.07, 6.45) is 2.43. The summed E-state index contributed by atoms with van der Waals surface area (Å²) < 4.78 is 5.02. The number of methoxy groups -OCH3 is 1. The fraction of sp³-hybridized carbons (Fsp3) is 0.462. The van der Waals surface area contributed by atoms with E-state index in [9.17, 15) is 9.90 Å². The number of ether oxygens (including phenoxy) is 1. The van der Waals surface area contributed by atoms with Crippen LogP contribution in [0.3, 0.4) is 0 Å². The number of benzene rings is 1. The zero-order valence-corrected chi connectivity index (χ0v) is 12.0. The third-order valence-corrected chi connectivity index (χ3v) is 3.89. The van der Waals surface area contributed by atoms with Gasteiger partial charge in [0.1, 0.15) is 0 Å². The number of aliphatic hydroxyl groups is 1. The van der Waals surface area contributed by atoms with E-state index in [4.69, 9.17) is 27.9 Å². The van der Waals surface area contributed by atoms with Crippen LogP contribution < -0.4 is 10.1 Å².